The van der Waals surface area contributed by atoms with Crippen molar-refractivity contribution in [2.24, 2.45) is 0 Å². The molecule has 1 rings (SSSR count). The van der Waals surface area contributed by atoms with Crippen molar-refractivity contribution < 1.29 is 19.4 Å². The van der Waals surface area contributed by atoms with Gasteiger partial charge in [-0.25, -0.2) is 0 Å². The molecule has 0 fully saturated rings. The van der Waals surface area contributed by atoms with E-state index in [4.69, 9.17) is 14.9 Å². The standard InChI is InChI=1S/C18H27NO4.ClH/c1-4-8-15-16(11-10-14(13(3)20)18(15)21)23-12-7-6-9-17(19)22-5-2;/h10-11,19,21H,4-9,12H2,1-3H3;1H. The number of halogens is 1. The molecule has 0 aliphatic rings. The second-order valence-electron chi connectivity index (χ2n) is 5.41. The summed E-state index contributed by atoms with van der Waals surface area (Å²) in [6.45, 7) is 6.36. The number of phenols is 1. The quantitative estimate of drug-likeness (QED) is 0.279. The van der Waals surface area contributed by atoms with Crippen molar-refractivity contribution >= 4 is 24.1 Å². The monoisotopic (exact) mass is 357 g/mol. The number of unbranched alkanes of at least 4 members (excludes halogenated alkanes) is 1. The summed E-state index contributed by atoms with van der Waals surface area (Å²) in [6, 6.07) is 3.36. The minimum Gasteiger partial charge on any atom is -0.507 e. The van der Waals surface area contributed by atoms with E-state index in [2.05, 4.69) is 0 Å². The van der Waals surface area contributed by atoms with Crippen LogP contribution in [0.15, 0.2) is 12.1 Å². The maximum absolute atomic E-state index is 11.5. The maximum atomic E-state index is 11.5. The fraction of sp³-hybridized carbons (Fsp3) is 0.556. The molecule has 0 aliphatic heterocycles. The van der Waals surface area contributed by atoms with Gasteiger partial charge in [0.05, 0.1) is 18.8 Å². The maximum Gasteiger partial charge on any atom is 0.180 e. The van der Waals surface area contributed by atoms with E-state index >= 15 is 0 Å². The first-order valence-electron chi connectivity index (χ1n) is 8.20. The van der Waals surface area contributed by atoms with Crippen molar-refractivity contribution in [1.82, 2.24) is 0 Å². The van der Waals surface area contributed by atoms with Gasteiger partial charge in [0.1, 0.15) is 11.5 Å². The Morgan fingerprint density at radius 1 is 1.25 bits per heavy atom. The molecule has 5 nitrogen and oxygen atoms in total. The second kappa shape index (κ2) is 11.7. The van der Waals surface area contributed by atoms with Crippen LogP contribution in [-0.2, 0) is 11.2 Å². The highest BCUT2D eigenvalue weighted by Gasteiger charge is 2.15. The van der Waals surface area contributed by atoms with Crippen LogP contribution in [0.1, 0.15) is 62.4 Å². The third-order valence-electron chi connectivity index (χ3n) is 3.49. The van der Waals surface area contributed by atoms with Gasteiger partial charge in [-0.15, -0.1) is 12.4 Å². The molecule has 1 aromatic rings. The summed E-state index contributed by atoms with van der Waals surface area (Å²) < 4.78 is 10.9. The molecule has 0 heterocycles. The zero-order chi connectivity index (χ0) is 17.2. The number of hydrogen-bond acceptors (Lipinski definition) is 5. The van der Waals surface area contributed by atoms with E-state index < -0.39 is 0 Å². The molecule has 136 valence electrons. The molecule has 2 N–H and O–H groups in total. The number of hydrogen-bond donors (Lipinski definition) is 2. The number of carbonyl (C=O) groups excluding carboxylic acids is 1. The van der Waals surface area contributed by atoms with Gasteiger partial charge >= 0.3 is 0 Å². The third-order valence-corrected chi connectivity index (χ3v) is 3.49. The summed E-state index contributed by atoms with van der Waals surface area (Å²) in [5.41, 5.74) is 1.04. The van der Waals surface area contributed by atoms with Gasteiger partial charge in [-0.05, 0) is 45.2 Å². The van der Waals surface area contributed by atoms with Gasteiger partial charge in [0.25, 0.3) is 0 Å². The molecule has 0 bridgehead atoms. The number of nitrogens with one attached hydrogen (secondary N) is 1. The summed E-state index contributed by atoms with van der Waals surface area (Å²) in [6.07, 6.45) is 3.75. The molecule has 0 aromatic heterocycles. The van der Waals surface area contributed by atoms with Crippen LogP contribution in [-0.4, -0.2) is 30.0 Å². The Labute approximate surface area is 150 Å². The molecular weight excluding hydrogens is 330 g/mol. The average molecular weight is 358 g/mol. The van der Waals surface area contributed by atoms with Crippen LogP contribution in [0.2, 0.25) is 0 Å². The van der Waals surface area contributed by atoms with E-state index in [1.54, 1.807) is 12.1 Å². The Hall–Kier alpha value is -1.75. The number of rotatable bonds is 10. The Bertz CT molecular complexity index is 546. The van der Waals surface area contributed by atoms with E-state index in [1.165, 1.54) is 6.92 Å². The summed E-state index contributed by atoms with van der Waals surface area (Å²) in [4.78, 5) is 11.5. The Balaban J connectivity index is 0.00000529. The van der Waals surface area contributed by atoms with Crippen molar-refractivity contribution in [3.8, 4) is 11.5 Å². The molecule has 0 aliphatic carbocycles. The fourth-order valence-electron chi connectivity index (χ4n) is 2.34. The van der Waals surface area contributed by atoms with E-state index in [9.17, 15) is 9.90 Å². The SMILES string of the molecule is CCCc1c(OCCCCC(=N)OCC)ccc(C(C)=O)c1O.Cl. The van der Waals surface area contributed by atoms with Crippen molar-refractivity contribution in [3.05, 3.63) is 23.3 Å². The van der Waals surface area contributed by atoms with Gasteiger partial charge < -0.3 is 14.6 Å². The fourth-order valence-corrected chi connectivity index (χ4v) is 2.34. The first kappa shape index (κ1) is 22.2. The van der Waals surface area contributed by atoms with Gasteiger partial charge in [-0.2, -0.15) is 0 Å². The van der Waals surface area contributed by atoms with Crippen LogP contribution < -0.4 is 4.74 Å². The summed E-state index contributed by atoms with van der Waals surface area (Å²) in [5, 5.41) is 17.8. The number of Topliss-reactive ketones (excluding diaryl/α,β-unsaturated/α-hetero) is 1. The lowest BCUT2D eigenvalue weighted by Crippen LogP contribution is -2.06. The number of aromatic hydroxyl groups is 1. The van der Waals surface area contributed by atoms with Gasteiger partial charge in [0.2, 0.25) is 0 Å². The number of carbonyl (C=O) groups is 1. The topological polar surface area (TPSA) is 79.6 Å². The van der Waals surface area contributed by atoms with Gasteiger partial charge in [-0.3, -0.25) is 10.2 Å². The third kappa shape index (κ3) is 6.79. The first-order chi connectivity index (χ1) is 11.0. The molecule has 0 atom stereocenters. The predicted octanol–water partition coefficient (Wildman–Crippen LogP) is 4.53. The van der Waals surface area contributed by atoms with E-state index in [0.29, 0.717) is 48.8 Å². The predicted molar refractivity (Wildman–Crippen MR) is 98.1 cm³/mol. The van der Waals surface area contributed by atoms with Crippen LogP contribution in [0, 0.1) is 5.41 Å². The lowest BCUT2D eigenvalue weighted by Gasteiger charge is -2.14. The number of ether oxygens (including phenoxy) is 2. The summed E-state index contributed by atoms with van der Waals surface area (Å²) in [5.74, 6) is 0.827. The molecular formula is C18H28ClNO4. The Kier molecular flexibility index (Phi) is 10.9. The molecule has 24 heavy (non-hydrogen) atoms. The highest BCUT2D eigenvalue weighted by atomic mass is 35.5. The van der Waals surface area contributed by atoms with Crippen LogP contribution in [0.3, 0.4) is 0 Å². The molecule has 0 saturated carbocycles. The van der Waals surface area contributed by atoms with E-state index in [1.807, 2.05) is 13.8 Å². The molecule has 0 spiro atoms. The second-order valence-corrected chi connectivity index (χ2v) is 5.41. The molecule has 0 saturated heterocycles. The number of phenolic OH excluding ortho intramolecular Hbond substituents is 1. The van der Waals surface area contributed by atoms with Crippen LogP contribution in [0.4, 0.5) is 0 Å². The minimum absolute atomic E-state index is 0. The zero-order valence-corrected chi connectivity index (χ0v) is 15.5. The van der Waals surface area contributed by atoms with Crippen LogP contribution in [0.5, 0.6) is 11.5 Å². The number of benzene rings is 1. The Morgan fingerprint density at radius 2 is 1.96 bits per heavy atom. The zero-order valence-electron chi connectivity index (χ0n) is 14.7. The molecule has 1 aromatic carbocycles. The summed E-state index contributed by atoms with van der Waals surface area (Å²) >= 11 is 0. The van der Waals surface area contributed by atoms with Gasteiger partial charge in [0, 0.05) is 12.0 Å². The van der Waals surface area contributed by atoms with E-state index in [0.717, 1.165) is 19.3 Å². The van der Waals surface area contributed by atoms with E-state index in [-0.39, 0.29) is 23.9 Å². The minimum atomic E-state index is -0.152. The molecule has 6 heteroatoms. The van der Waals surface area contributed by atoms with Crippen molar-refractivity contribution in [2.75, 3.05) is 13.2 Å². The number of ketones is 1. The van der Waals surface area contributed by atoms with Crippen LogP contribution in [0.25, 0.3) is 0 Å². The normalized spacial score (nSPS) is 9.96. The highest BCUT2D eigenvalue weighted by Crippen LogP contribution is 2.33. The van der Waals surface area contributed by atoms with Crippen molar-refractivity contribution in [2.45, 2.75) is 52.9 Å². The molecule has 0 radical (unpaired) electrons. The average Bonchev–Trinajstić information content (AvgIpc) is 2.50. The Morgan fingerprint density at radius 3 is 2.54 bits per heavy atom. The first-order valence-corrected chi connectivity index (χ1v) is 8.20. The smallest absolute Gasteiger partial charge is 0.180 e. The van der Waals surface area contributed by atoms with Gasteiger partial charge in [-0.1, -0.05) is 13.3 Å². The highest BCUT2D eigenvalue weighted by molar-refractivity contribution is 5.97. The molecule has 0 unspecified atom stereocenters. The lowest BCUT2D eigenvalue weighted by atomic mass is 10.0. The van der Waals surface area contributed by atoms with Gasteiger partial charge in [0.15, 0.2) is 11.7 Å². The van der Waals surface area contributed by atoms with Crippen LogP contribution >= 0.6 is 12.4 Å². The summed E-state index contributed by atoms with van der Waals surface area (Å²) in [7, 11) is 0. The van der Waals surface area contributed by atoms with Crippen molar-refractivity contribution in [1.29, 1.82) is 5.41 Å². The molecule has 0 amide bonds. The van der Waals surface area contributed by atoms with Crippen molar-refractivity contribution in [3.63, 3.8) is 0 Å². The lowest BCUT2D eigenvalue weighted by molar-refractivity contribution is 0.101. The largest absolute Gasteiger partial charge is 0.507 e.